The minimum Gasteiger partial charge on any atom is -0.380 e. The molecule has 0 saturated carbocycles. The smallest absolute Gasteiger partial charge is 0.246 e. The van der Waals surface area contributed by atoms with Gasteiger partial charge >= 0.3 is 0 Å². The van der Waals surface area contributed by atoms with Gasteiger partial charge in [-0.2, -0.15) is 9.40 Å². The van der Waals surface area contributed by atoms with Crippen LogP contribution in [0.4, 0.5) is 0 Å². The van der Waals surface area contributed by atoms with E-state index in [0.717, 1.165) is 12.0 Å². The van der Waals surface area contributed by atoms with Crippen LogP contribution >= 0.6 is 0 Å². The van der Waals surface area contributed by atoms with Crippen LogP contribution in [0.1, 0.15) is 12.8 Å². The van der Waals surface area contributed by atoms with E-state index in [1.54, 1.807) is 18.0 Å². The van der Waals surface area contributed by atoms with Gasteiger partial charge in [0.05, 0.1) is 12.8 Å². The molecule has 0 unspecified atom stereocenters. The highest BCUT2D eigenvalue weighted by atomic mass is 32.2. The molecule has 118 valence electrons. The molecule has 1 aliphatic rings. The van der Waals surface area contributed by atoms with Gasteiger partial charge in [0.25, 0.3) is 0 Å². The summed E-state index contributed by atoms with van der Waals surface area (Å²) in [5.41, 5.74) is 6.58. The molecule has 0 saturated heterocycles. The van der Waals surface area contributed by atoms with Gasteiger partial charge in [-0.25, -0.2) is 8.42 Å². The molecule has 0 amide bonds. The maximum Gasteiger partial charge on any atom is 0.246 e. The van der Waals surface area contributed by atoms with Crippen molar-refractivity contribution in [1.29, 1.82) is 0 Å². The standard InChI is InChI=1S/C13H22N4O3S/c1-20-11-12-3-7-17(8-4-12)21(18,19)13-9-15-16(10-13)6-2-5-14/h3,9-10H,2,4-8,11,14H2,1H3. The van der Waals surface area contributed by atoms with Gasteiger partial charge < -0.3 is 10.5 Å². The topological polar surface area (TPSA) is 90.5 Å². The molecule has 8 heteroatoms. The van der Waals surface area contributed by atoms with Crippen molar-refractivity contribution in [3.05, 3.63) is 24.0 Å². The fraction of sp³-hybridized carbons (Fsp3) is 0.615. The molecule has 0 aliphatic carbocycles. The largest absolute Gasteiger partial charge is 0.380 e. The molecular formula is C13H22N4O3S. The Labute approximate surface area is 125 Å². The molecule has 2 N–H and O–H groups in total. The number of ether oxygens (including phenoxy) is 1. The molecular weight excluding hydrogens is 292 g/mol. The number of methoxy groups -OCH3 is 1. The summed E-state index contributed by atoms with van der Waals surface area (Å²) in [7, 11) is -1.83. The average Bonchev–Trinajstić information content (AvgIpc) is 2.96. The van der Waals surface area contributed by atoms with Crippen LogP contribution in [0.25, 0.3) is 0 Å². The van der Waals surface area contributed by atoms with Gasteiger partial charge in [0, 0.05) is 32.9 Å². The van der Waals surface area contributed by atoms with Crippen molar-refractivity contribution in [2.24, 2.45) is 5.73 Å². The van der Waals surface area contributed by atoms with Crippen LogP contribution in [-0.4, -0.2) is 55.9 Å². The minimum absolute atomic E-state index is 0.239. The van der Waals surface area contributed by atoms with Gasteiger partial charge in [-0.3, -0.25) is 4.68 Å². The number of nitrogens with two attached hydrogens (primary N) is 1. The Hall–Kier alpha value is -1.22. The summed E-state index contributed by atoms with van der Waals surface area (Å²) in [5, 5.41) is 4.08. The second kappa shape index (κ2) is 7.17. The third-order valence-electron chi connectivity index (χ3n) is 3.43. The van der Waals surface area contributed by atoms with Crippen molar-refractivity contribution in [3.8, 4) is 0 Å². The molecule has 0 spiro atoms. The minimum atomic E-state index is -3.47. The van der Waals surface area contributed by atoms with E-state index in [2.05, 4.69) is 5.10 Å². The number of aromatic nitrogens is 2. The molecule has 1 aromatic rings. The number of rotatable bonds is 7. The van der Waals surface area contributed by atoms with E-state index in [-0.39, 0.29) is 4.90 Å². The molecule has 1 aromatic heterocycles. The third-order valence-corrected chi connectivity index (χ3v) is 5.25. The van der Waals surface area contributed by atoms with Crippen molar-refractivity contribution in [2.75, 3.05) is 33.4 Å². The molecule has 0 aromatic carbocycles. The van der Waals surface area contributed by atoms with Gasteiger partial charge in [0.15, 0.2) is 0 Å². The van der Waals surface area contributed by atoms with Crippen LogP contribution in [0.3, 0.4) is 0 Å². The summed E-state index contributed by atoms with van der Waals surface area (Å²) < 4.78 is 33.2. The highest BCUT2D eigenvalue weighted by Gasteiger charge is 2.27. The van der Waals surface area contributed by atoms with Gasteiger partial charge in [0.2, 0.25) is 10.0 Å². The van der Waals surface area contributed by atoms with E-state index < -0.39 is 10.0 Å². The molecule has 0 radical (unpaired) electrons. The molecule has 21 heavy (non-hydrogen) atoms. The zero-order chi connectivity index (χ0) is 15.3. The van der Waals surface area contributed by atoms with Crippen molar-refractivity contribution in [3.63, 3.8) is 0 Å². The number of hydrogen-bond donors (Lipinski definition) is 1. The van der Waals surface area contributed by atoms with E-state index in [4.69, 9.17) is 10.5 Å². The summed E-state index contributed by atoms with van der Waals surface area (Å²) in [6.45, 7) is 2.61. The second-order valence-corrected chi connectivity index (χ2v) is 6.93. The Morgan fingerprint density at radius 1 is 1.48 bits per heavy atom. The predicted octanol–water partition coefficient (Wildman–Crippen LogP) is 0.199. The summed E-state index contributed by atoms with van der Waals surface area (Å²) in [4.78, 5) is 0.239. The molecule has 2 heterocycles. The highest BCUT2D eigenvalue weighted by molar-refractivity contribution is 7.89. The first kappa shape index (κ1) is 16.2. The lowest BCUT2D eigenvalue weighted by atomic mass is 10.1. The Morgan fingerprint density at radius 2 is 2.29 bits per heavy atom. The van der Waals surface area contributed by atoms with Crippen LogP contribution in [0, 0.1) is 0 Å². The maximum atomic E-state index is 12.5. The van der Waals surface area contributed by atoms with Crippen LogP contribution in [-0.2, 0) is 21.3 Å². The molecule has 0 fully saturated rings. The first-order valence-corrected chi connectivity index (χ1v) is 8.41. The van der Waals surface area contributed by atoms with Gasteiger partial charge in [-0.1, -0.05) is 6.08 Å². The van der Waals surface area contributed by atoms with E-state index in [9.17, 15) is 8.42 Å². The van der Waals surface area contributed by atoms with Crippen molar-refractivity contribution < 1.29 is 13.2 Å². The van der Waals surface area contributed by atoms with Crippen LogP contribution in [0.5, 0.6) is 0 Å². The van der Waals surface area contributed by atoms with Gasteiger partial charge in [-0.15, -0.1) is 0 Å². The fourth-order valence-corrected chi connectivity index (χ4v) is 3.57. The van der Waals surface area contributed by atoms with Crippen LogP contribution in [0.2, 0.25) is 0 Å². The number of aryl methyl sites for hydroxylation is 1. The molecule has 7 nitrogen and oxygen atoms in total. The van der Waals surface area contributed by atoms with E-state index in [1.165, 1.54) is 10.5 Å². The summed E-state index contributed by atoms with van der Waals surface area (Å²) in [6, 6.07) is 0. The summed E-state index contributed by atoms with van der Waals surface area (Å²) in [5.74, 6) is 0. The van der Waals surface area contributed by atoms with Gasteiger partial charge in [0.1, 0.15) is 4.90 Å². The summed E-state index contributed by atoms with van der Waals surface area (Å²) in [6.07, 6.45) is 6.37. The Kier molecular flexibility index (Phi) is 5.51. The maximum absolute atomic E-state index is 12.5. The lowest BCUT2D eigenvalue weighted by Gasteiger charge is -2.25. The molecule has 0 bridgehead atoms. The third kappa shape index (κ3) is 3.91. The lowest BCUT2D eigenvalue weighted by Crippen LogP contribution is -2.35. The number of sulfonamides is 1. The summed E-state index contributed by atoms with van der Waals surface area (Å²) >= 11 is 0. The fourth-order valence-electron chi connectivity index (χ4n) is 2.23. The van der Waals surface area contributed by atoms with E-state index >= 15 is 0 Å². The Bertz CT molecular complexity index is 594. The normalized spacial score (nSPS) is 17.0. The zero-order valence-electron chi connectivity index (χ0n) is 12.2. The predicted molar refractivity (Wildman–Crippen MR) is 79.2 cm³/mol. The molecule has 1 aliphatic heterocycles. The van der Waals surface area contributed by atoms with Crippen molar-refractivity contribution >= 4 is 10.0 Å². The Balaban J connectivity index is 2.06. The van der Waals surface area contributed by atoms with Crippen LogP contribution < -0.4 is 5.73 Å². The number of hydrogen-bond acceptors (Lipinski definition) is 5. The van der Waals surface area contributed by atoms with Crippen molar-refractivity contribution in [1.82, 2.24) is 14.1 Å². The van der Waals surface area contributed by atoms with Crippen LogP contribution in [0.15, 0.2) is 28.9 Å². The lowest BCUT2D eigenvalue weighted by molar-refractivity contribution is 0.219. The van der Waals surface area contributed by atoms with E-state index in [0.29, 0.717) is 39.2 Å². The first-order valence-electron chi connectivity index (χ1n) is 6.97. The monoisotopic (exact) mass is 314 g/mol. The first-order chi connectivity index (χ1) is 10.1. The Morgan fingerprint density at radius 3 is 2.90 bits per heavy atom. The molecule has 2 rings (SSSR count). The average molecular weight is 314 g/mol. The zero-order valence-corrected chi connectivity index (χ0v) is 13.1. The van der Waals surface area contributed by atoms with Crippen molar-refractivity contribution in [2.45, 2.75) is 24.3 Å². The quantitative estimate of drug-likeness (QED) is 0.726. The molecule has 0 atom stereocenters. The number of nitrogens with zero attached hydrogens (tertiary/aromatic N) is 3. The SMILES string of the molecule is COCC1=CCN(S(=O)(=O)c2cnn(CCCN)c2)CC1. The van der Waals surface area contributed by atoms with Gasteiger partial charge in [-0.05, 0) is 25.0 Å². The second-order valence-electron chi connectivity index (χ2n) is 4.99. The highest BCUT2D eigenvalue weighted by Crippen LogP contribution is 2.20. The van der Waals surface area contributed by atoms with E-state index in [1.807, 2.05) is 6.08 Å².